The topological polar surface area (TPSA) is 34.1 Å². The number of fused-ring (bicyclic) bond motifs is 1. The van der Waals surface area contributed by atoms with Gasteiger partial charge in [-0.15, -0.1) is 11.3 Å². The Hall–Kier alpha value is -1.39. The van der Waals surface area contributed by atoms with E-state index in [-0.39, 0.29) is 0 Å². The highest BCUT2D eigenvalue weighted by Crippen LogP contribution is 2.31. The summed E-state index contributed by atoms with van der Waals surface area (Å²) in [6.07, 6.45) is 2.86. The Morgan fingerprint density at radius 2 is 2.35 bits per heavy atom. The first-order valence-corrected chi connectivity index (χ1v) is 6.65. The lowest BCUT2D eigenvalue weighted by Crippen LogP contribution is -2.26. The molecule has 1 atom stereocenters. The zero-order chi connectivity index (χ0) is 11.5. The summed E-state index contributed by atoms with van der Waals surface area (Å²) in [5.74, 6) is 1.01. The molecule has 3 rings (SSSR count). The number of ether oxygens (including phenoxy) is 1. The normalized spacial score (nSPS) is 18.5. The highest BCUT2D eigenvalue weighted by Gasteiger charge is 2.20. The lowest BCUT2D eigenvalue weighted by molar-refractivity contribution is 0.252. The fraction of sp³-hybridized carbons (Fsp3) is 0.308. The Bertz CT molecular complexity index is 484. The zero-order valence-electron chi connectivity index (χ0n) is 9.43. The molecule has 0 aliphatic carbocycles. The number of rotatable bonds is 3. The first kappa shape index (κ1) is 10.7. The third-order valence-corrected chi connectivity index (χ3v) is 3.72. The molecule has 1 N–H and O–H groups in total. The van der Waals surface area contributed by atoms with E-state index in [1.54, 1.807) is 11.3 Å². The van der Waals surface area contributed by atoms with Gasteiger partial charge in [0.2, 0.25) is 0 Å². The highest BCUT2D eigenvalue weighted by molar-refractivity contribution is 7.09. The van der Waals surface area contributed by atoms with Crippen molar-refractivity contribution in [2.45, 2.75) is 19.0 Å². The maximum atomic E-state index is 5.64. The maximum Gasteiger partial charge on any atom is 0.124 e. The fourth-order valence-corrected chi connectivity index (χ4v) is 2.67. The van der Waals surface area contributed by atoms with Crippen LogP contribution in [0.3, 0.4) is 0 Å². The minimum absolute atomic E-state index is 0.379. The molecule has 0 bridgehead atoms. The van der Waals surface area contributed by atoms with Gasteiger partial charge in [-0.2, -0.15) is 0 Å². The van der Waals surface area contributed by atoms with Crippen LogP contribution in [0.15, 0.2) is 35.8 Å². The van der Waals surface area contributed by atoms with Gasteiger partial charge in [-0.1, -0.05) is 18.2 Å². The largest absolute Gasteiger partial charge is 0.493 e. The van der Waals surface area contributed by atoms with Crippen LogP contribution in [0.2, 0.25) is 0 Å². The van der Waals surface area contributed by atoms with Crippen molar-refractivity contribution in [2.75, 3.05) is 6.61 Å². The summed E-state index contributed by atoms with van der Waals surface area (Å²) in [7, 11) is 0. The van der Waals surface area contributed by atoms with E-state index in [0.29, 0.717) is 6.04 Å². The predicted molar refractivity (Wildman–Crippen MR) is 68.2 cm³/mol. The molecule has 4 heteroatoms. The molecule has 1 unspecified atom stereocenters. The van der Waals surface area contributed by atoms with E-state index in [2.05, 4.69) is 22.4 Å². The van der Waals surface area contributed by atoms with Crippen molar-refractivity contribution in [2.24, 2.45) is 0 Å². The third-order valence-electron chi connectivity index (χ3n) is 2.94. The molecule has 0 saturated carbocycles. The zero-order valence-corrected chi connectivity index (χ0v) is 10.2. The Morgan fingerprint density at radius 3 is 3.24 bits per heavy atom. The van der Waals surface area contributed by atoms with Crippen molar-refractivity contribution in [3.63, 3.8) is 0 Å². The predicted octanol–water partition coefficient (Wildman–Crippen LogP) is 2.76. The van der Waals surface area contributed by atoms with Gasteiger partial charge in [0.25, 0.3) is 0 Å². The number of hydrogen-bond donors (Lipinski definition) is 1. The molecule has 1 aromatic carbocycles. The molecular formula is C13H14N2OS. The monoisotopic (exact) mass is 246 g/mol. The quantitative estimate of drug-likeness (QED) is 0.904. The summed E-state index contributed by atoms with van der Waals surface area (Å²) < 4.78 is 5.64. The Morgan fingerprint density at radius 1 is 1.41 bits per heavy atom. The van der Waals surface area contributed by atoms with E-state index in [1.165, 1.54) is 5.56 Å². The van der Waals surface area contributed by atoms with Gasteiger partial charge in [-0.25, -0.2) is 4.98 Å². The van der Waals surface area contributed by atoms with Crippen LogP contribution in [-0.2, 0) is 6.54 Å². The minimum atomic E-state index is 0.379. The molecule has 17 heavy (non-hydrogen) atoms. The number of nitrogens with zero attached hydrogens (tertiary/aromatic N) is 1. The lowest BCUT2D eigenvalue weighted by atomic mass is 10.0. The summed E-state index contributed by atoms with van der Waals surface area (Å²) in [6, 6.07) is 8.62. The fourth-order valence-electron chi connectivity index (χ4n) is 2.10. The minimum Gasteiger partial charge on any atom is -0.493 e. The third kappa shape index (κ3) is 2.33. The van der Waals surface area contributed by atoms with Gasteiger partial charge in [-0.3, -0.25) is 0 Å². The SMILES string of the molecule is c1ccc2c(c1)OCCC2NCc1nccs1. The lowest BCUT2D eigenvalue weighted by Gasteiger charge is -2.26. The standard InChI is InChI=1S/C13H14N2OS/c1-2-4-12-10(3-1)11(5-7-16-12)15-9-13-14-6-8-17-13/h1-4,6,8,11,15H,5,7,9H2. The van der Waals surface area contributed by atoms with Crippen LogP contribution in [0.25, 0.3) is 0 Å². The number of benzene rings is 1. The van der Waals surface area contributed by atoms with E-state index < -0.39 is 0 Å². The Labute approximate surface area is 104 Å². The van der Waals surface area contributed by atoms with Crippen LogP contribution >= 0.6 is 11.3 Å². The van der Waals surface area contributed by atoms with Crippen LogP contribution in [0.4, 0.5) is 0 Å². The number of nitrogens with one attached hydrogen (secondary N) is 1. The molecule has 0 amide bonds. The number of hydrogen-bond acceptors (Lipinski definition) is 4. The van der Waals surface area contributed by atoms with E-state index in [4.69, 9.17) is 4.74 Å². The summed E-state index contributed by atoms with van der Waals surface area (Å²) in [5, 5.41) is 6.69. The smallest absolute Gasteiger partial charge is 0.124 e. The first-order valence-electron chi connectivity index (χ1n) is 5.77. The van der Waals surface area contributed by atoms with Gasteiger partial charge < -0.3 is 10.1 Å². The molecule has 0 fully saturated rings. The van der Waals surface area contributed by atoms with Crippen LogP contribution in [-0.4, -0.2) is 11.6 Å². The summed E-state index contributed by atoms with van der Waals surface area (Å²) >= 11 is 1.69. The maximum absolute atomic E-state index is 5.64. The van der Waals surface area contributed by atoms with E-state index >= 15 is 0 Å². The van der Waals surface area contributed by atoms with Gasteiger partial charge in [-0.05, 0) is 6.07 Å². The van der Waals surface area contributed by atoms with Crippen molar-refractivity contribution < 1.29 is 4.74 Å². The molecule has 1 aliphatic rings. The van der Waals surface area contributed by atoms with Crippen molar-refractivity contribution in [3.05, 3.63) is 46.4 Å². The number of para-hydroxylation sites is 1. The molecule has 1 aromatic heterocycles. The molecular weight excluding hydrogens is 232 g/mol. The average Bonchev–Trinajstić information content (AvgIpc) is 2.89. The Balaban J connectivity index is 1.72. The van der Waals surface area contributed by atoms with Gasteiger partial charge in [0.1, 0.15) is 10.8 Å². The van der Waals surface area contributed by atoms with Crippen LogP contribution in [0, 0.1) is 0 Å². The van der Waals surface area contributed by atoms with Crippen LogP contribution in [0.5, 0.6) is 5.75 Å². The second kappa shape index (κ2) is 4.85. The summed E-state index contributed by atoms with van der Waals surface area (Å²) in [6.45, 7) is 1.61. The van der Waals surface area contributed by atoms with Crippen molar-refractivity contribution >= 4 is 11.3 Å². The Kier molecular flexibility index (Phi) is 3.07. The van der Waals surface area contributed by atoms with Gasteiger partial charge in [0, 0.05) is 36.1 Å². The van der Waals surface area contributed by atoms with Crippen molar-refractivity contribution in [3.8, 4) is 5.75 Å². The van der Waals surface area contributed by atoms with Crippen molar-refractivity contribution in [1.82, 2.24) is 10.3 Å². The number of thiazole rings is 1. The highest BCUT2D eigenvalue weighted by atomic mass is 32.1. The molecule has 3 nitrogen and oxygen atoms in total. The average molecular weight is 246 g/mol. The first-order chi connectivity index (χ1) is 8.43. The molecule has 0 radical (unpaired) electrons. The summed E-state index contributed by atoms with van der Waals surface area (Å²) in [4.78, 5) is 4.28. The molecule has 2 heterocycles. The number of aromatic nitrogens is 1. The van der Waals surface area contributed by atoms with Gasteiger partial charge in [0.05, 0.1) is 6.61 Å². The van der Waals surface area contributed by atoms with Crippen LogP contribution < -0.4 is 10.1 Å². The molecule has 1 aliphatic heterocycles. The van der Waals surface area contributed by atoms with Crippen LogP contribution in [0.1, 0.15) is 23.0 Å². The molecule has 2 aromatic rings. The van der Waals surface area contributed by atoms with E-state index in [1.807, 2.05) is 23.7 Å². The second-order valence-corrected chi connectivity index (χ2v) is 5.01. The van der Waals surface area contributed by atoms with Gasteiger partial charge >= 0.3 is 0 Å². The molecule has 88 valence electrons. The molecule has 0 spiro atoms. The van der Waals surface area contributed by atoms with E-state index in [0.717, 1.165) is 30.3 Å². The van der Waals surface area contributed by atoms with E-state index in [9.17, 15) is 0 Å². The second-order valence-electron chi connectivity index (χ2n) is 4.03. The van der Waals surface area contributed by atoms with Gasteiger partial charge in [0.15, 0.2) is 0 Å². The summed E-state index contributed by atoms with van der Waals surface area (Å²) in [5.41, 5.74) is 1.26. The molecule has 0 saturated heterocycles. The van der Waals surface area contributed by atoms with Crippen molar-refractivity contribution in [1.29, 1.82) is 0 Å².